The second kappa shape index (κ2) is 4.16. The number of rotatable bonds is 2. The van der Waals surface area contributed by atoms with Crippen LogP contribution in [0, 0.1) is 6.92 Å². The smallest absolute Gasteiger partial charge is 0.322 e. The quantitative estimate of drug-likeness (QED) is 0.813. The van der Waals surface area contributed by atoms with Crippen LogP contribution >= 0.6 is 0 Å². The molecule has 1 aliphatic heterocycles. The summed E-state index contributed by atoms with van der Waals surface area (Å²) in [5.41, 5.74) is 3.51. The Kier molecular flexibility index (Phi) is 2.86. The van der Waals surface area contributed by atoms with Gasteiger partial charge in [-0.3, -0.25) is 4.90 Å². The summed E-state index contributed by atoms with van der Waals surface area (Å²) < 4.78 is 0. The van der Waals surface area contributed by atoms with Crippen molar-refractivity contribution in [3.05, 3.63) is 29.3 Å². The van der Waals surface area contributed by atoms with Crippen LogP contribution in [0.2, 0.25) is 0 Å². The van der Waals surface area contributed by atoms with E-state index in [1.165, 1.54) is 11.1 Å². The summed E-state index contributed by atoms with van der Waals surface area (Å²) in [6, 6.07) is 6.25. The normalized spacial score (nSPS) is 15.8. The zero-order chi connectivity index (χ0) is 11.7. The third-order valence-corrected chi connectivity index (χ3v) is 3.02. The van der Waals surface area contributed by atoms with Crippen molar-refractivity contribution in [2.45, 2.75) is 26.7 Å². The van der Waals surface area contributed by atoms with E-state index in [0.717, 1.165) is 18.8 Å². The van der Waals surface area contributed by atoms with Crippen LogP contribution in [0.1, 0.15) is 30.9 Å². The van der Waals surface area contributed by atoms with Crippen molar-refractivity contribution in [1.29, 1.82) is 0 Å². The van der Waals surface area contributed by atoms with Crippen LogP contribution < -0.4 is 10.2 Å². The number of carbonyl (C=O) groups is 1. The summed E-state index contributed by atoms with van der Waals surface area (Å²) in [7, 11) is 0. The Hall–Kier alpha value is -1.51. The van der Waals surface area contributed by atoms with Crippen molar-refractivity contribution >= 4 is 11.7 Å². The van der Waals surface area contributed by atoms with Crippen molar-refractivity contribution in [2.75, 3.05) is 18.0 Å². The molecular weight excluding hydrogens is 200 g/mol. The molecule has 1 aromatic carbocycles. The number of nitrogens with zero attached hydrogens (tertiary/aromatic N) is 1. The molecule has 1 aromatic rings. The number of aryl methyl sites for hydroxylation is 1. The Bertz CT molecular complexity index is 412. The van der Waals surface area contributed by atoms with Crippen molar-refractivity contribution in [3.8, 4) is 0 Å². The maximum Gasteiger partial charge on any atom is 0.322 e. The van der Waals surface area contributed by atoms with Gasteiger partial charge in [0, 0.05) is 13.1 Å². The first kappa shape index (κ1) is 11.0. The predicted octanol–water partition coefficient (Wildman–Crippen LogP) is 2.65. The SMILES string of the molecule is Cc1cccc(C(C)C)c1N1CCNC1=O. The van der Waals surface area contributed by atoms with Gasteiger partial charge in [0.25, 0.3) is 0 Å². The molecule has 1 fully saturated rings. The van der Waals surface area contributed by atoms with E-state index >= 15 is 0 Å². The minimum absolute atomic E-state index is 0.0243. The number of hydrogen-bond donors (Lipinski definition) is 1. The Morgan fingerprint density at radius 1 is 1.38 bits per heavy atom. The molecule has 86 valence electrons. The molecule has 3 nitrogen and oxygen atoms in total. The minimum atomic E-state index is 0.0243. The van der Waals surface area contributed by atoms with Crippen LogP contribution in [0.15, 0.2) is 18.2 Å². The number of benzene rings is 1. The number of carbonyl (C=O) groups excluding carboxylic acids is 1. The number of hydrogen-bond acceptors (Lipinski definition) is 1. The van der Waals surface area contributed by atoms with E-state index in [1.807, 2.05) is 4.90 Å². The van der Waals surface area contributed by atoms with Gasteiger partial charge in [-0.05, 0) is 24.0 Å². The predicted molar refractivity (Wildman–Crippen MR) is 66.0 cm³/mol. The zero-order valence-electron chi connectivity index (χ0n) is 10.1. The second-order valence-electron chi connectivity index (χ2n) is 4.55. The molecule has 3 heteroatoms. The van der Waals surface area contributed by atoms with Crippen molar-refractivity contribution < 1.29 is 4.79 Å². The van der Waals surface area contributed by atoms with Gasteiger partial charge in [-0.25, -0.2) is 4.79 Å². The van der Waals surface area contributed by atoms with Crippen molar-refractivity contribution in [2.24, 2.45) is 0 Å². The molecule has 0 spiro atoms. The molecule has 0 bridgehead atoms. The number of anilines is 1. The molecule has 0 radical (unpaired) electrons. The van der Waals surface area contributed by atoms with Gasteiger partial charge < -0.3 is 5.32 Å². The van der Waals surface area contributed by atoms with Crippen molar-refractivity contribution in [1.82, 2.24) is 5.32 Å². The largest absolute Gasteiger partial charge is 0.336 e. The lowest BCUT2D eigenvalue weighted by Gasteiger charge is -2.22. The molecule has 2 amide bonds. The lowest BCUT2D eigenvalue weighted by Crippen LogP contribution is -2.29. The van der Waals surface area contributed by atoms with Gasteiger partial charge in [0.1, 0.15) is 0 Å². The summed E-state index contributed by atoms with van der Waals surface area (Å²) in [4.78, 5) is 13.6. The second-order valence-corrected chi connectivity index (χ2v) is 4.55. The maximum absolute atomic E-state index is 11.7. The molecule has 1 N–H and O–H groups in total. The highest BCUT2D eigenvalue weighted by Gasteiger charge is 2.25. The van der Waals surface area contributed by atoms with E-state index in [0.29, 0.717) is 5.92 Å². The van der Waals surface area contributed by atoms with Gasteiger partial charge in [-0.15, -0.1) is 0 Å². The Morgan fingerprint density at radius 3 is 2.69 bits per heavy atom. The topological polar surface area (TPSA) is 32.3 Å². The summed E-state index contributed by atoms with van der Waals surface area (Å²) in [6.07, 6.45) is 0. The van der Waals surface area contributed by atoms with Crippen LogP contribution in [-0.2, 0) is 0 Å². The molecule has 0 unspecified atom stereocenters. The molecule has 1 aliphatic rings. The van der Waals surface area contributed by atoms with E-state index in [1.54, 1.807) is 0 Å². The average Bonchev–Trinajstić information content (AvgIpc) is 2.64. The number of nitrogens with one attached hydrogen (secondary N) is 1. The van der Waals surface area contributed by atoms with Crippen LogP contribution in [-0.4, -0.2) is 19.1 Å². The fourth-order valence-electron chi connectivity index (χ4n) is 2.20. The molecule has 0 atom stereocenters. The van der Waals surface area contributed by atoms with Crippen LogP contribution in [0.25, 0.3) is 0 Å². The Labute approximate surface area is 96.5 Å². The summed E-state index contributed by atoms with van der Waals surface area (Å²) >= 11 is 0. The molecule has 16 heavy (non-hydrogen) atoms. The highest BCUT2D eigenvalue weighted by atomic mass is 16.2. The van der Waals surface area contributed by atoms with Crippen LogP contribution in [0.5, 0.6) is 0 Å². The van der Waals surface area contributed by atoms with Gasteiger partial charge in [0.15, 0.2) is 0 Å². The van der Waals surface area contributed by atoms with Crippen LogP contribution in [0.4, 0.5) is 10.5 Å². The molecule has 0 aliphatic carbocycles. The van der Waals surface area contributed by atoms with E-state index in [2.05, 4.69) is 44.3 Å². The summed E-state index contributed by atoms with van der Waals surface area (Å²) in [5, 5.41) is 2.85. The highest BCUT2D eigenvalue weighted by molar-refractivity contribution is 5.95. The molecule has 0 aromatic heterocycles. The van der Waals surface area contributed by atoms with E-state index in [4.69, 9.17) is 0 Å². The standard InChI is InChI=1S/C13H18N2O/c1-9(2)11-6-4-5-10(3)12(11)15-8-7-14-13(15)16/h4-6,9H,7-8H2,1-3H3,(H,14,16). The average molecular weight is 218 g/mol. The fraction of sp³-hybridized carbons (Fsp3) is 0.462. The van der Waals surface area contributed by atoms with Gasteiger partial charge in [-0.1, -0.05) is 32.0 Å². The fourth-order valence-corrected chi connectivity index (χ4v) is 2.20. The maximum atomic E-state index is 11.7. The third kappa shape index (κ3) is 1.77. The van der Waals surface area contributed by atoms with Gasteiger partial charge in [0.2, 0.25) is 0 Å². The van der Waals surface area contributed by atoms with E-state index in [9.17, 15) is 4.79 Å². The molecule has 2 rings (SSSR count). The first-order valence-electron chi connectivity index (χ1n) is 5.76. The van der Waals surface area contributed by atoms with Gasteiger partial charge in [0.05, 0.1) is 5.69 Å². The molecule has 1 saturated heterocycles. The van der Waals surface area contributed by atoms with Crippen molar-refractivity contribution in [3.63, 3.8) is 0 Å². The number of urea groups is 1. The first-order valence-corrected chi connectivity index (χ1v) is 5.76. The van der Waals surface area contributed by atoms with Crippen LogP contribution in [0.3, 0.4) is 0 Å². The van der Waals surface area contributed by atoms with Gasteiger partial charge in [-0.2, -0.15) is 0 Å². The van der Waals surface area contributed by atoms with E-state index in [-0.39, 0.29) is 6.03 Å². The monoisotopic (exact) mass is 218 g/mol. The van der Waals surface area contributed by atoms with Gasteiger partial charge >= 0.3 is 6.03 Å². The number of amides is 2. The first-order chi connectivity index (χ1) is 7.61. The summed E-state index contributed by atoms with van der Waals surface area (Å²) in [6.45, 7) is 7.89. The number of para-hydroxylation sites is 1. The molecular formula is C13H18N2O. The summed E-state index contributed by atoms with van der Waals surface area (Å²) in [5.74, 6) is 0.434. The lowest BCUT2D eigenvalue weighted by atomic mass is 9.97. The minimum Gasteiger partial charge on any atom is -0.336 e. The Morgan fingerprint density at radius 2 is 2.12 bits per heavy atom. The highest BCUT2D eigenvalue weighted by Crippen LogP contribution is 2.31. The molecule has 1 heterocycles. The third-order valence-electron chi connectivity index (χ3n) is 3.02. The lowest BCUT2D eigenvalue weighted by molar-refractivity contribution is 0.252. The zero-order valence-corrected chi connectivity index (χ0v) is 10.1. The van der Waals surface area contributed by atoms with E-state index < -0.39 is 0 Å². The molecule has 0 saturated carbocycles. The Balaban J connectivity index is 2.49.